The second kappa shape index (κ2) is 8.82. The lowest BCUT2D eigenvalue weighted by Gasteiger charge is -2.25. The zero-order valence-corrected chi connectivity index (χ0v) is 13.8. The smallest absolute Gasteiger partial charge is 0.322 e. The number of amides is 1. The predicted octanol–water partition coefficient (Wildman–Crippen LogP) is 2.09. The van der Waals surface area contributed by atoms with E-state index in [1.807, 2.05) is 6.92 Å². The predicted molar refractivity (Wildman–Crippen MR) is 84.4 cm³/mol. The zero-order valence-electron chi connectivity index (χ0n) is 13.0. The number of carbonyl (C=O) groups is 3. The van der Waals surface area contributed by atoms with Crippen LogP contribution in [0.25, 0.3) is 0 Å². The molecule has 0 radical (unpaired) electrons. The maximum atomic E-state index is 11.6. The molecular weight excluding hydrogens is 306 g/mol. The van der Waals surface area contributed by atoms with Crippen LogP contribution in [0.15, 0.2) is 11.8 Å². The molecular formula is C15H23NO5S. The summed E-state index contributed by atoms with van der Waals surface area (Å²) in [4.78, 5) is 33.5. The van der Waals surface area contributed by atoms with E-state index in [0.717, 1.165) is 32.1 Å². The molecule has 0 saturated heterocycles. The third-order valence-corrected chi connectivity index (χ3v) is 4.57. The summed E-state index contributed by atoms with van der Waals surface area (Å²) in [7, 11) is 0. The van der Waals surface area contributed by atoms with Crippen molar-refractivity contribution >= 4 is 28.8 Å². The Morgan fingerprint density at radius 2 is 2.09 bits per heavy atom. The van der Waals surface area contributed by atoms with Crippen LogP contribution in [0.3, 0.4) is 0 Å². The van der Waals surface area contributed by atoms with Crippen LogP contribution in [-0.4, -0.2) is 40.0 Å². The van der Waals surface area contributed by atoms with Crippen LogP contribution in [0.1, 0.15) is 46.0 Å². The van der Waals surface area contributed by atoms with Crippen molar-refractivity contribution in [2.24, 2.45) is 0 Å². The minimum atomic E-state index is -1.11. The standard InChI is InChI=1S/C15H23NO5S/c1-3-4-5-6-7-15(2)11(8-14(20)22-15)21-10-12(17)16-9-13(18)19/h8H,3-7,9-10H2,1-2H3,(H,16,17)(H,18,19). The van der Waals surface area contributed by atoms with Crippen molar-refractivity contribution in [3.8, 4) is 0 Å². The number of thioether (sulfide) groups is 1. The molecule has 1 rings (SSSR count). The van der Waals surface area contributed by atoms with Gasteiger partial charge < -0.3 is 15.2 Å². The van der Waals surface area contributed by atoms with Crippen molar-refractivity contribution in [3.63, 3.8) is 0 Å². The largest absolute Gasteiger partial charge is 0.486 e. The summed E-state index contributed by atoms with van der Waals surface area (Å²) in [5, 5.41) is 10.6. The molecule has 0 aromatic heterocycles. The summed E-state index contributed by atoms with van der Waals surface area (Å²) < 4.78 is 5.02. The maximum absolute atomic E-state index is 11.6. The number of aliphatic carboxylic acids is 1. The summed E-state index contributed by atoms with van der Waals surface area (Å²) in [6.07, 6.45) is 6.64. The van der Waals surface area contributed by atoms with Crippen molar-refractivity contribution < 1.29 is 24.2 Å². The van der Waals surface area contributed by atoms with Gasteiger partial charge in [-0.2, -0.15) is 0 Å². The summed E-state index contributed by atoms with van der Waals surface area (Å²) >= 11 is 1.22. The Kier molecular flexibility index (Phi) is 7.44. The molecule has 0 bridgehead atoms. The molecule has 6 nitrogen and oxygen atoms in total. The third-order valence-electron chi connectivity index (χ3n) is 3.40. The Balaban J connectivity index is 2.47. The zero-order chi connectivity index (χ0) is 16.6. The fraction of sp³-hybridized carbons (Fsp3) is 0.667. The van der Waals surface area contributed by atoms with E-state index in [0.29, 0.717) is 5.76 Å². The van der Waals surface area contributed by atoms with Crippen LogP contribution in [0, 0.1) is 0 Å². The number of nitrogens with one attached hydrogen (secondary N) is 1. The van der Waals surface area contributed by atoms with Gasteiger partial charge >= 0.3 is 5.97 Å². The number of carboxylic acid groups (broad SMARTS) is 1. The first kappa shape index (κ1) is 18.5. The highest BCUT2D eigenvalue weighted by Crippen LogP contribution is 2.43. The van der Waals surface area contributed by atoms with Crippen molar-refractivity contribution in [1.29, 1.82) is 0 Å². The minimum absolute atomic E-state index is 0.0704. The average Bonchev–Trinajstić information content (AvgIpc) is 2.73. The Hall–Kier alpha value is -1.50. The Morgan fingerprint density at radius 3 is 2.73 bits per heavy atom. The van der Waals surface area contributed by atoms with E-state index in [2.05, 4.69) is 12.2 Å². The molecule has 0 aromatic rings. The van der Waals surface area contributed by atoms with Crippen molar-refractivity contribution in [2.75, 3.05) is 13.2 Å². The average molecular weight is 329 g/mol. The quantitative estimate of drug-likeness (QED) is 0.596. The second-order valence-corrected chi connectivity index (χ2v) is 6.94. The van der Waals surface area contributed by atoms with Gasteiger partial charge in [0.25, 0.3) is 5.91 Å². The van der Waals surface area contributed by atoms with Gasteiger partial charge in [0, 0.05) is 6.08 Å². The van der Waals surface area contributed by atoms with Crippen LogP contribution < -0.4 is 5.32 Å². The molecule has 1 unspecified atom stereocenters. The molecule has 0 saturated carbocycles. The van der Waals surface area contributed by atoms with Gasteiger partial charge in [-0.1, -0.05) is 44.4 Å². The molecule has 1 heterocycles. The fourth-order valence-corrected chi connectivity index (χ4v) is 3.26. The molecule has 0 aliphatic carbocycles. The first-order valence-corrected chi connectivity index (χ1v) is 8.25. The molecule has 1 atom stereocenters. The molecule has 124 valence electrons. The Bertz CT molecular complexity index is 463. The van der Waals surface area contributed by atoms with Crippen LogP contribution in [0.5, 0.6) is 0 Å². The van der Waals surface area contributed by atoms with Gasteiger partial charge in [-0.05, 0) is 13.3 Å². The SMILES string of the molecule is CCCCCCC1(C)SC(=O)C=C1OCC(=O)NCC(=O)O. The Labute approximate surface area is 134 Å². The summed E-state index contributed by atoms with van der Waals surface area (Å²) in [5.41, 5.74) is 0. The van der Waals surface area contributed by atoms with Gasteiger partial charge in [0.05, 0.1) is 4.75 Å². The van der Waals surface area contributed by atoms with E-state index in [1.54, 1.807) is 0 Å². The van der Waals surface area contributed by atoms with Gasteiger partial charge in [-0.3, -0.25) is 14.4 Å². The van der Waals surface area contributed by atoms with Crippen molar-refractivity contribution in [3.05, 3.63) is 11.8 Å². The molecule has 7 heteroatoms. The first-order chi connectivity index (χ1) is 10.4. The normalized spacial score (nSPS) is 20.6. The molecule has 1 aliphatic rings. The van der Waals surface area contributed by atoms with Gasteiger partial charge in [0.2, 0.25) is 5.12 Å². The van der Waals surface area contributed by atoms with Crippen LogP contribution in [0.2, 0.25) is 0 Å². The van der Waals surface area contributed by atoms with E-state index in [-0.39, 0.29) is 11.7 Å². The summed E-state index contributed by atoms with van der Waals surface area (Å²) in [5.74, 6) is -1.12. The maximum Gasteiger partial charge on any atom is 0.322 e. The number of rotatable bonds is 10. The lowest BCUT2D eigenvalue weighted by Crippen LogP contribution is -2.33. The molecule has 1 aliphatic heterocycles. The van der Waals surface area contributed by atoms with E-state index >= 15 is 0 Å². The highest BCUT2D eigenvalue weighted by molar-refractivity contribution is 8.15. The highest BCUT2D eigenvalue weighted by Gasteiger charge is 2.39. The van der Waals surface area contributed by atoms with Gasteiger partial charge in [0.15, 0.2) is 6.61 Å². The van der Waals surface area contributed by atoms with E-state index < -0.39 is 23.2 Å². The monoisotopic (exact) mass is 329 g/mol. The van der Waals surface area contributed by atoms with Crippen LogP contribution >= 0.6 is 11.8 Å². The molecule has 22 heavy (non-hydrogen) atoms. The van der Waals surface area contributed by atoms with E-state index in [1.165, 1.54) is 17.8 Å². The van der Waals surface area contributed by atoms with Gasteiger partial charge in [0.1, 0.15) is 12.3 Å². The second-order valence-electron chi connectivity index (χ2n) is 5.43. The van der Waals surface area contributed by atoms with Crippen LogP contribution in [0.4, 0.5) is 0 Å². The highest BCUT2D eigenvalue weighted by atomic mass is 32.2. The number of unbranched alkanes of at least 4 members (excludes halogenated alkanes) is 3. The van der Waals surface area contributed by atoms with Crippen LogP contribution in [-0.2, 0) is 19.1 Å². The first-order valence-electron chi connectivity index (χ1n) is 7.44. The summed E-state index contributed by atoms with van der Waals surface area (Å²) in [6.45, 7) is 3.36. The molecule has 0 aromatic carbocycles. The lowest BCUT2D eigenvalue weighted by atomic mass is 9.99. The third kappa shape index (κ3) is 6.09. The number of hydrogen-bond acceptors (Lipinski definition) is 5. The topological polar surface area (TPSA) is 92.7 Å². The van der Waals surface area contributed by atoms with Crippen molar-refractivity contribution in [2.45, 2.75) is 50.7 Å². The number of carbonyl (C=O) groups excluding carboxylic acids is 2. The lowest BCUT2D eigenvalue weighted by molar-refractivity contribution is -0.138. The molecule has 0 fully saturated rings. The number of hydrogen-bond donors (Lipinski definition) is 2. The van der Waals surface area contributed by atoms with Gasteiger partial charge in [-0.15, -0.1) is 0 Å². The Morgan fingerprint density at radius 1 is 1.36 bits per heavy atom. The minimum Gasteiger partial charge on any atom is -0.486 e. The fourth-order valence-electron chi connectivity index (χ4n) is 2.19. The summed E-state index contributed by atoms with van der Waals surface area (Å²) in [6, 6.07) is 0. The molecule has 0 spiro atoms. The number of carboxylic acids is 1. The molecule has 1 amide bonds. The van der Waals surface area contributed by atoms with E-state index in [9.17, 15) is 14.4 Å². The van der Waals surface area contributed by atoms with E-state index in [4.69, 9.17) is 9.84 Å². The number of ether oxygens (including phenoxy) is 1. The van der Waals surface area contributed by atoms with Crippen molar-refractivity contribution in [1.82, 2.24) is 5.32 Å². The molecule has 2 N–H and O–H groups in total. The van der Waals surface area contributed by atoms with Gasteiger partial charge in [-0.25, -0.2) is 0 Å².